The van der Waals surface area contributed by atoms with Crippen molar-refractivity contribution in [2.75, 3.05) is 12.8 Å². The van der Waals surface area contributed by atoms with Crippen LogP contribution in [0.15, 0.2) is 57.9 Å². The average Bonchev–Trinajstić information content (AvgIpc) is 2.91. The van der Waals surface area contributed by atoms with Crippen LogP contribution in [-0.2, 0) is 6.42 Å². The molecule has 1 nitrogen and oxygen atoms in total. The summed E-state index contributed by atoms with van der Waals surface area (Å²) in [6, 6.07) is 18.0. The molecule has 0 amide bonds. The van der Waals surface area contributed by atoms with Gasteiger partial charge in [-0.15, -0.1) is 11.8 Å². The van der Waals surface area contributed by atoms with Gasteiger partial charge in [0, 0.05) is 27.1 Å². The molecular formula is C17H18BrNS. The Morgan fingerprint density at radius 3 is 2.70 bits per heavy atom. The second-order valence-electron chi connectivity index (χ2n) is 5.18. The van der Waals surface area contributed by atoms with Crippen LogP contribution in [-0.4, -0.2) is 18.8 Å². The first-order valence-corrected chi connectivity index (χ1v) is 8.69. The maximum absolute atomic E-state index is 3.52. The molecule has 1 N–H and O–H groups in total. The Labute approximate surface area is 133 Å². The zero-order valence-corrected chi connectivity index (χ0v) is 13.9. The summed E-state index contributed by atoms with van der Waals surface area (Å²) in [5.74, 6) is 1.78. The van der Waals surface area contributed by atoms with Gasteiger partial charge in [0.15, 0.2) is 0 Å². The summed E-state index contributed by atoms with van der Waals surface area (Å²) in [5, 5.41) is 3.52. The number of fused-ring (bicyclic) bond motifs is 1. The van der Waals surface area contributed by atoms with E-state index in [0.717, 1.165) is 10.9 Å². The predicted molar refractivity (Wildman–Crippen MR) is 90.6 cm³/mol. The molecule has 0 fully saturated rings. The average molecular weight is 348 g/mol. The van der Waals surface area contributed by atoms with Gasteiger partial charge in [0.05, 0.1) is 0 Å². The second-order valence-corrected chi connectivity index (χ2v) is 7.16. The number of thioether (sulfide) groups is 1. The molecule has 1 aliphatic heterocycles. The molecule has 0 bridgehead atoms. The third-order valence-electron chi connectivity index (χ3n) is 3.96. The van der Waals surface area contributed by atoms with E-state index in [1.807, 2.05) is 11.8 Å². The normalized spacial score (nSPS) is 18.8. The van der Waals surface area contributed by atoms with Gasteiger partial charge in [-0.1, -0.05) is 46.3 Å². The molecule has 0 aromatic heterocycles. The summed E-state index contributed by atoms with van der Waals surface area (Å²) in [4.78, 5) is 1.45. The number of halogens is 1. The quantitative estimate of drug-likeness (QED) is 0.875. The van der Waals surface area contributed by atoms with Crippen molar-refractivity contribution in [2.45, 2.75) is 23.3 Å². The van der Waals surface area contributed by atoms with Gasteiger partial charge < -0.3 is 5.32 Å². The molecule has 0 saturated carbocycles. The number of hydrogen-bond donors (Lipinski definition) is 1. The minimum Gasteiger partial charge on any atom is -0.316 e. The lowest BCUT2D eigenvalue weighted by molar-refractivity contribution is 0.489. The molecule has 104 valence electrons. The predicted octanol–water partition coefficient (Wildman–Crippen LogP) is 4.47. The second kappa shape index (κ2) is 6.33. The zero-order chi connectivity index (χ0) is 13.9. The number of benzene rings is 2. The van der Waals surface area contributed by atoms with E-state index < -0.39 is 0 Å². The summed E-state index contributed by atoms with van der Waals surface area (Å²) in [5.41, 5.74) is 2.90. The lowest BCUT2D eigenvalue weighted by Crippen LogP contribution is -2.34. The van der Waals surface area contributed by atoms with Crippen LogP contribution in [0.1, 0.15) is 17.0 Å². The van der Waals surface area contributed by atoms with Gasteiger partial charge in [-0.3, -0.25) is 0 Å². The number of nitrogens with one attached hydrogen (secondary N) is 1. The van der Waals surface area contributed by atoms with Crippen molar-refractivity contribution in [3.8, 4) is 0 Å². The number of rotatable bonds is 4. The van der Waals surface area contributed by atoms with Gasteiger partial charge in [0.25, 0.3) is 0 Å². The smallest absolute Gasteiger partial charge is 0.0182 e. The van der Waals surface area contributed by atoms with E-state index >= 15 is 0 Å². The molecular weight excluding hydrogens is 330 g/mol. The largest absolute Gasteiger partial charge is 0.316 e. The van der Waals surface area contributed by atoms with Crippen LogP contribution in [0.5, 0.6) is 0 Å². The fourth-order valence-corrected chi connectivity index (χ4v) is 4.44. The molecule has 0 spiro atoms. The Morgan fingerprint density at radius 2 is 1.95 bits per heavy atom. The summed E-state index contributed by atoms with van der Waals surface area (Å²) in [7, 11) is 2.08. The molecule has 20 heavy (non-hydrogen) atoms. The highest BCUT2D eigenvalue weighted by atomic mass is 79.9. The van der Waals surface area contributed by atoms with Crippen LogP contribution in [0.3, 0.4) is 0 Å². The summed E-state index contributed by atoms with van der Waals surface area (Å²) in [6.45, 7) is 0. The zero-order valence-electron chi connectivity index (χ0n) is 11.5. The molecule has 3 heteroatoms. The topological polar surface area (TPSA) is 12.0 Å². The Morgan fingerprint density at radius 1 is 1.20 bits per heavy atom. The van der Waals surface area contributed by atoms with Crippen molar-refractivity contribution in [1.82, 2.24) is 5.32 Å². The SMILES string of the molecule is CNC(Cc1ccc(Br)cc1)C1CSc2ccccc21. The van der Waals surface area contributed by atoms with E-state index in [0.29, 0.717) is 12.0 Å². The van der Waals surface area contributed by atoms with Crippen molar-refractivity contribution in [3.05, 3.63) is 64.1 Å². The first-order valence-electron chi connectivity index (χ1n) is 6.91. The van der Waals surface area contributed by atoms with E-state index in [1.54, 1.807) is 0 Å². The molecule has 0 saturated heterocycles. The van der Waals surface area contributed by atoms with Gasteiger partial charge in [-0.05, 0) is 42.8 Å². The van der Waals surface area contributed by atoms with E-state index in [4.69, 9.17) is 0 Å². The first kappa shape index (κ1) is 14.2. The lowest BCUT2D eigenvalue weighted by Gasteiger charge is -2.23. The van der Waals surface area contributed by atoms with Crippen molar-refractivity contribution in [3.63, 3.8) is 0 Å². The summed E-state index contributed by atoms with van der Waals surface area (Å²) >= 11 is 5.48. The van der Waals surface area contributed by atoms with Gasteiger partial charge >= 0.3 is 0 Å². The standard InChI is InChI=1S/C17H18BrNS/c1-19-16(10-12-6-8-13(18)9-7-12)15-11-20-17-5-3-2-4-14(15)17/h2-9,15-16,19H,10-11H2,1H3. The number of hydrogen-bond acceptors (Lipinski definition) is 2. The first-order chi connectivity index (χ1) is 9.78. The van der Waals surface area contributed by atoms with Crippen LogP contribution in [0.2, 0.25) is 0 Å². The summed E-state index contributed by atoms with van der Waals surface area (Å²) in [6.07, 6.45) is 1.07. The molecule has 0 radical (unpaired) electrons. The van der Waals surface area contributed by atoms with Crippen LogP contribution in [0.4, 0.5) is 0 Å². The van der Waals surface area contributed by atoms with Gasteiger partial charge in [0.1, 0.15) is 0 Å². The van der Waals surface area contributed by atoms with E-state index in [2.05, 4.69) is 76.8 Å². The van der Waals surface area contributed by atoms with E-state index in [-0.39, 0.29) is 0 Å². The Bertz CT molecular complexity index is 582. The molecule has 2 atom stereocenters. The highest BCUT2D eigenvalue weighted by Gasteiger charge is 2.29. The molecule has 3 rings (SSSR count). The van der Waals surface area contributed by atoms with E-state index in [9.17, 15) is 0 Å². The minimum absolute atomic E-state index is 0.493. The third-order valence-corrected chi connectivity index (χ3v) is 5.70. The summed E-state index contributed by atoms with van der Waals surface area (Å²) < 4.78 is 1.14. The fourth-order valence-electron chi connectivity index (χ4n) is 2.84. The molecule has 2 unspecified atom stereocenters. The maximum Gasteiger partial charge on any atom is 0.0182 e. The Kier molecular flexibility index (Phi) is 4.49. The maximum atomic E-state index is 3.52. The van der Waals surface area contributed by atoms with Crippen LogP contribution in [0, 0.1) is 0 Å². The molecule has 2 aromatic rings. The van der Waals surface area contributed by atoms with E-state index in [1.165, 1.54) is 21.8 Å². The monoisotopic (exact) mass is 347 g/mol. The molecule has 1 heterocycles. The molecule has 0 aliphatic carbocycles. The van der Waals surface area contributed by atoms with Crippen molar-refractivity contribution in [2.24, 2.45) is 0 Å². The van der Waals surface area contributed by atoms with Crippen molar-refractivity contribution < 1.29 is 0 Å². The van der Waals surface area contributed by atoms with Crippen LogP contribution < -0.4 is 5.32 Å². The van der Waals surface area contributed by atoms with Gasteiger partial charge in [0.2, 0.25) is 0 Å². The highest BCUT2D eigenvalue weighted by molar-refractivity contribution is 9.10. The minimum atomic E-state index is 0.493. The fraction of sp³-hybridized carbons (Fsp3) is 0.294. The third kappa shape index (κ3) is 2.95. The lowest BCUT2D eigenvalue weighted by atomic mass is 9.89. The van der Waals surface area contributed by atoms with Crippen LogP contribution in [0.25, 0.3) is 0 Å². The van der Waals surface area contributed by atoms with Crippen molar-refractivity contribution in [1.29, 1.82) is 0 Å². The Balaban J connectivity index is 1.79. The highest BCUT2D eigenvalue weighted by Crippen LogP contribution is 2.41. The van der Waals surface area contributed by atoms with Crippen molar-refractivity contribution >= 4 is 27.7 Å². The van der Waals surface area contributed by atoms with Gasteiger partial charge in [-0.25, -0.2) is 0 Å². The molecule has 2 aromatic carbocycles. The molecule has 1 aliphatic rings. The van der Waals surface area contributed by atoms with Gasteiger partial charge in [-0.2, -0.15) is 0 Å². The Hall–Kier alpha value is -0.770. The number of likely N-dealkylation sites (N-methyl/N-ethyl adjacent to an activating group) is 1. The van der Waals surface area contributed by atoms with Crippen LogP contribution >= 0.6 is 27.7 Å².